The summed E-state index contributed by atoms with van der Waals surface area (Å²) in [4.78, 5) is 0. The molecule has 2 atom stereocenters. The average molecular weight is 309 g/mol. The quantitative estimate of drug-likeness (QED) is 0.841. The van der Waals surface area contributed by atoms with Crippen LogP contribution in [0.1, 0.15) is 18.1 Å². The van der Waals surface area contributed by atoms with E-state index in [-0.39, 0.29) is 22.8 Å². The zero-order valence-electron chi connectivity index (χ0n) is 11.9. The van der Waals surface area contributed by atoms with Crippen molar-refractivity contribution in [1.82, 2.24) is 0 Å². The van der Waals surface area contributed by atoms with Crippen LogP contribution in [0.2, 0.25) is 0 Å². The number of hydrogen-bond acceptors (Lipinski definition) is 5. The van der Waals surface area contributed by atoms with E-state index in [4.69, 9.17) is 19.9 Å². The van der Waals surface area contributed by atoms with Crippen molar-refractivity contribution >= 4 is 0 Å². The van der Waals surface area contributed by atoms with Crippen molar-refractivity contribution in [3.05, 3.63) is 17.7 Å². The molecule has 21 heavy (non-hydrogen) atoms. The molecule has 0 aliphatic carbocycles. The Balaban J connectivity index is 3.07. The maximum absolute atomic E-state index is 12.4. The lowest BCUT2D eigenvalue weighted by Gasteiger charge is -2.21. The Morgan fingerprint density at radius 1 is 1.10 bits per heavy atom. The van der Waals surface area contributed by atoms with E-state index in [0.717, 1.165) is 0 Å². The Kier molecular flexibility index (Phi) is 5.68. The molecular formula is C13H18F3NO4. The van der Waals surface area contributed by atoms with Crippen LogP contribution in [0.5, 0.6) is 17.2 Å². The minimum atomic E-state index is -4.57. The summed E-state index contributed by atoms with van der Waals surface area (Å²) in [7, 11) is 4.14. The number of rotatable bonds is 6. The van der Waals surface area contributed by atoms with Gasteiger partial charge in [-0.3, -0.25) is 0 Å². The molecule has 1 rings (SSSR count). The van der Waals surface area contributed by atoms with E-state index in [2.05, 4.69) is 0 Å². The minimum absolute atomic E-state index is 0.198. The molecular weight excluding hydrogens is 291 g/mol. The van der Waals surface area contributed by atoms with Crippen LogP contribution in [-0.4, -0.2) is 38.7 Å². The van der Waals surface area contributed by atoms with E-state index in [0.29, 0.717) is 0 Å². The fraction of sp³-hybridized carbons (Fsp3) is 0.538. The second kappa shape index (κ2) is 6.86. The van der Waals surface area contributed by atoms with Crippen molar-refractivity contribution in [2.75, 3.05) is 21.3 Å². The molecule has 0 heterocycles. The van der Waals surface area contributed by atoms with Crippen molar-refractivity contribution in [3.8, 4) is 17.2 Å². The molecule has 0 saturated carbocycles. The maximum Gasteiger partial charge on any atom is 0.403 e. The third-order valence-corrected chi connectivity index (χ3v) is 2.97. The molecule has 0 aromatic heterocycles. The van der Waals surface area contributed by atoms with Crippen LogP contribution < -0.4 is 19.9 Å². The van der Waals surface area contributed by atoms with E-state index in [9.17, 15) is 18.3 Å². The molecule has 0 radical (unpaired) electrons. The summed E-state index contributed by atoms with van der Waals surface area (Å²) < 4.78 is 52.5. The highest BCUT2D eigenvalue weighted by Gasteiger charge is 2.38. The van der Waals surface area contributed by atoms with E-state index in [1.165, 1.54) is 33.5 Å². The average Bonchev–Trinajstić information content (AvgIpc) is 2.44. The fourth-order valence-electron chi connectivity index (χ4n) is 1.80. The number of alkyl halides is 3. The van der Waals surface area contributed by atoms with Gasteiger partial charge in [-0.25, -0.2) is 0 Å². The van der Waals surface area contributed by atoms with Gasteiger partial charge >= 0.3 is 6.18 Å². The lowest BCUT2D eigenvalue weighted by molar-refractivity contribution is -0.153. The molecule has 0 fully saturated rings. The number of aliphatic hydroxyl groups excluding tert-OH is 1. The zero-order valence-corrected chi connectivity index (χ0v) is 11.9. The zero-order chi connectivity index (χ0) is 16.2. The van der Waals surface area contributed by atoms with Crippen LogP contribution >= 0.6 is 0 Å². The number of aliphatic hydroxyl groups is 1. The molecule has 0 aliphatic rings. The molecule has 0 spiro atoms. The van der Waals surface area contributed by atoms with Gasteiger partial charge in [0, 0.05) is 6.42 Å². The first-order valence-corrected chi connectivity index (χ1v) is 6.04. The second-order valence-electron chi connectivity index (χ2n) is 4.36. The van der Waals surface area contributed by atoms with Gasteiger partial charge in [-0.05, 0) is 17.7 Å². The lowest BCUT2D eigenvalue weighted by Crippen LogP contribution is -2.38. The molecule has 1 aromatic carbocycles. The summed E-state index contributed by atoms with van der Waals surface area (Å²) in [6.45, 7) is 0. The minimum Gasteiger partial charge on any atom is -0.493 e. The summed E-state index contributed by atoms with van der Waals surface area (Å²) in [5, 5.41) is 9.93. The lowest BCUT2D eigenvalue weighted by atomic mass is 10.0. The van der Waals surface area contributed by atoms with E-state index in [1.54, 1.807) is 0 Å². The van der Waals surface area contributed by atoms with Crippen molar-refractivity contribution < 1.29 is 32.5 Å². The third-order valence-electron chi connectivity index (χ3n) is 2.97. The maximum atomic E-state index is 12.4. The first-order chi connectivity index (χ1) is 9.74. The van der Waals surface area contributed by atoms with Crippen LogP contribution in [0.3, 0.4) is 0 Å². The monoisotopic (exact) mass is 309 g/mol. The molecule has 0 bridgehead atoms. The van der Waals surface area contributed by atoms with E-state index >= 15 is 0 Å². The van der Waals surface area contributed by atoms with Gasteiger partial charge in [0.05, 0.1) is 27.4 Å². The highest BCUT2D eigenvalue weighted by molar-refractivity contribution is 5.54. The highest BCUT2D eigenvalue weighted by Crippen LogP contribution is 2.40. The van der Waals surface area contributed by atoms with E-state index < -0.39 is 24.7 Å². The van der Waals surface area contributed by atoms with Crippen molar-refractivity contribution in [1.29, 1.82) is 0 Å². The van der Waals surface area contributed by atoms with Crippen LogP contribution in [0.4, 0.5) is 13.2 Å². The van der Waals surface area contributed by atoms with Gasteiger partial charge in [0.25, 0.3) is 0 Å². The van der Waals surface area contributed by atoms with Crippen LogP contribution in [0.25, 0.3) is 0 Å². The van der Waals surface area contributed by atoms with Gasteiger partial charge in [0.1, 0.15) is 6.04 Å². The summed E-state index contributed by atoms with van der Waals surface area (Å²) in [5.74, 6) is 0.772. The van der Waals surface area contributed by atoms with Crippen molar-refractivity contribution in [2.24, 2.45) is 5.73 Å². The molecule has 0 aliphatic heterocycles. The summed E-state index contributed by atoms with van der Waals surface area (Å²) >= 11 is 0. The number of ether oxygens (including phenoxy) is 3. The fourth-order valence-corrected chi connectivity index (χ4v) is 1.80. The topological polar surface area (TPSA) is 73.9 Å². The third kappa shape index (κ3) is 4.15. The van der Waals surface area contributed by atoms with Crippen molar-refractivity contribution in [3.63, 3.8) is 0 Å². The molecule has 1 aromatic rings. The first-order valence-electron chi connectivity index (χ1n) is 6.04. The van der Waals surface area contributed by atoms with Gasteiger partial charge in [0.15, 0.2) is 11.5 Å². The van der Waals surface area contributed by atoms with Crippen LogP contribution in [0.15, 0.2) is 12.1 Å². The van der Waals surface area contributed by atoms with Gasteiger partial charge in [0.2, 0.25) is 5.75 Å². The largest absolute Gasteiger partial charge is 0.493 e. The SMILES string of the molecule is COc1cc([C@H](O)C[C@@H](N)C(F)(F)F)cc(OC)c1OC. The number of nitrogens with two attached hydrogens (primary N) is 1. The van der Waals surface area contributed by atoms with Gasteiger partial charge in [-0.15, -0.1) is 0 Å². The second-order valence-corrected chi connectivity index (χ2v) is 4.36. The normalized spacial score (nSPS) is 14.5. The van der Waals surface area contributed by atoms with Crippen LogP contribution in [-0.2, 0) is 0 Å². The summed E-state index contributed by atoms with van der Waals surface area (Å²) in [6, 6.07) is 0.649. The number of methoxy groups -OCH3 is 3. The van der Waals surface area contributed by atoms with Gasteiger partial charge in [-0.1, -0.05) is 0 Å². The standard InChI is InChI=1S/C13H18F3NO4/c1-19-9-4-7(5-10(20-2)12(9)21-3)8(18)6-11(17)13(14,15)16/h4-5,8,11,18H,6,17H2,1-3H3/t8-,11-/m1/s1. The molecule has 0 saturated heterocycles. The summed E-state index contributed by atoms with van der Waals surface area (Å²) in [6.07, 6.45) is -6.64. The Morgan fingerprint density at radius 3 is 1.90 bits per heavy atom. The highest BCUT2D eigenvalue weighted by atomic mass is 19.4. The molecule has 120 valence electrons. The first kappa shape index (κ1) is 17.4. The van der Waals surface area contributed by atoms with Crippen molar-refractivity contribution in [2.45, 2.75) is 24.7 Å². The Morgan fingerprint density at radius 2 is 1.57 bits per heavy atom. The molecule has 3 N–H and O–H groups in total. The summed E-state index contributed by atoms with van der Waals surface area (Å²) in [5.41, 5.74) is 5.21. The van der Waals surface area contributed by atoms with Gasteiger partial charge < -0.3 is 25.1 Å². The van der Waals surface area contributed by atoms with Crippen LogP contribution in [0, 0.1) is 0 Å². The Hall–Kier alpha value is -1.67. The molecule has 0 amide bonds. The van der Waals surface area contributed by atoms with Gasteiger partial charge in [-0.2, -0.15) is 13.2 Å². The Bertz CT molecular complexity index is 454. The smallest absolute Gasteiger partial charge is 0.403 e. The number of benzene rings is 1. The van der Waals surface area contributed by atoms with E-state index in [1.807, 2.05) is 0 Å². The molecule has 8 heteroatoms. The molecule has 0 unspecified atom stereocenters. The number of hydrogen-bond donors (Lipinski definition) is 2. The predicted molar refractivity (Wildman–Crippen MR) is 69.7 cm³/mol. The predicted octanol–water partition coefficient (Wildman–Crippen LogP) is 2.03. The molecule has 5 nitrogen and oxygen atoms in total. The number of halogens is 3. The Labute approximate surface area is 120 Å².